The molecule has 1 aromatic carbocycles. The summed E-state index contributed by atoms with van der Waals surface area (Å²) >= 11 is 0. The molecule has 2 N–H and O–H groups in total. The van der Waals surface area contributed by atoms with Gasteiger partial charge in [0.1, 0.15) is 16.8 Å². The molecule has 0 bridgehead atoms. The number of rotatable bonds is 6. The summed E-state index contributed by atoms with van der Waals surface area (Å²) in [4.78, 5) is 22.4. The van der Waals surface area contributed by atoms with Gasteiger partial charge in [-0.05, 0) is 18.4 Å². The van der Waals surface area contributed by atoms with E-state index in [4.69, 9.17) is 4.74 Å². The quantitative estimate of drug-likeness (QED) is 0.608. The number of halogens is 2. The smallest absolute Gasteiger partial charge is 0.270 e. The molecular weight excluding hydrogens is 418 g/mol. The van der Waals surface area contributed by atoms with Crippen LogP contribution in [-0.4, -0.2) is 45.0 Å². The lowest BCUT2D eigenvalue weighted by molar-refractivity contribution is 0.0175. The molecule has 0 radical (unpaired) electrons. The normalized spacial score (nSPS) is 21.2. The molecule has 0 unspecified atom stereocenters. The maximum absolute atomic E-state index is 13.6. The first-order valence-electron chi connectivity index (χ1n) is 10.7. The first kappa shape index (κ1) is 21.0. The van der Waals surface area contributed by atoms with Crippen LogP contribution >= 0.6 is 0 Å². The number of hydrogen-bond acceptors (Lipinski definition) is 6. The van der Waals surface area contributed by atoms with Gasteiger partial charge in [0.05, 0.1) is 18.5 Å². The van der Waals surface area contributed by atoms with Gasteiger partial charge in [-0.1, -0.05) is 24.3 Å². The van der Waals surface area contributed by atoms with Crippen LogP contribution in [-0.2, 0) is 10.7 Å². The number of alkyl halides is 2. The van der Waals surface area contributed by atoms with Crippen LogP contribution in [0.2, 0.25) is 0 Å². The van der Waals surface area contributed by atoms with E-state index in [0.29, 0.717) is 40.9 Å². The summed E-state index contributed by atoms with van der Waals surface area (Å²) in [6, 6.07) is 6.05. The molecule has 3 heterocycles. The highest BCUT2D eigenvalue weighted by Crippen LogP contribution is 2.36. The Morgan fingerprint density at radius 3 is 2.66 bits per heavy atom. The Morgan fingerprint density at radius 2 is 2.03 bits per heavy atom. The summed E-state index contributed by atoms with van der Waals surface area (Å²) in [5.74, 6) is -2.60. The molecule has 5 rings (SSSR count). The highest BCUT2D eigenvalue weighted by molar-refractivity contribution is 5.98. The van der Waals surface area contributed by atoms with E-state index in [2.05, 4.69) is 15.3 Å². The van der Waals surface area contributed by atoms with Crippen LogP contribution in [0.3, 0.4) is 0 Å². The van der Waals surface area contributed by atoms with Crippen molar-refractivity contribution in [3.05, 3.63) is 52.7 Å². The topological polar surface area (TPSA) is 89.3 Å². The molecule has 1 saturated heterocycles. The van der Waals surface area contributed by atoms with Crippen molar-refractivity contribution in [2.24, 2.45) is 0 Å². The Hall–Kier alpha value is -2.91. The average Bonchev–Trinajstić information content (AvgIpc) is 3.52. The third-order valence-electron chi connectivity index (χ3n) is 6.12. The number of benzene rings is 1. The number of aromatic nitrogens is 3. The van der Waals surface area contributed by atoms with Gasteiger partial charge in [-0.3, -0.25) is 9.36 Å². The van der Waals surface area contributed by atoms with Crippen LogP contribution in [0.25, 0.3) is 22.0 Å². The largest absolute Gasteiger partial charge is 0.386 e. The van der Waals surface area contributed by atoms with Crippen LogP contribution in [0.1, 0.15) is 37.8 Å². The van der Waals surface area contributed by atoms with E-state index in [1.807, 2.05) is 0 Å². The highest BCUT2D eigenvalue weighted by atomic mass is 19.3. The second-order valence-electron chi connectivity index (χ2n) is 8.78. The summed E-state index contributed by atoms with van der Waals surface area (Å²) in [6.07, 6.45) is 5.46. The molecule has 1 aliphatic carbocycles. The lowest BCUT2D eigenvalue weighted by Gasteiger charge is -2.22. The molecule has 9 heteroatoms. The predicted molar refractivity (Wildman–Crippen MR) is 116 cm³/mol. The van der Waals surface area contributed by atoms with E-state index < -0.39 is 11.5 Å². The standard InChI is InChI=1S/C23H24F2N4O3/c1-22(24,25)15-4-2-14(3-5-15)17-10-26-20(27-11-23(31)8-9-32-12-23)18-19(17)28-13-29(21(18)30)16-6-7-16/h2-5,10,13,16,31H,6-9,11-12H2,1H3,(H,26,27)/t23-/m0/s1. The zero-order valence-electron chi connectivity index (χ0n) is 17.6. The van der Waals surface area contributed by atoms with Gasteiger partial charge in [-0.2, -0.15) is 0 Å². The highest BCUT2D eigenvalue weighted by Gasteiger charge is 2.33. The average molecular weight is 442 g/mol. The van der Waals surface area contributed by atoms with Crippen molar-refractivity contribution in [3.8, 4) is 11.1 Å². The Balaban J connectivity index is 1.59. The summed E-state index contributed by atoms with van der Waals surface area (Å²) in [5.41, 5.74) is 0.343. The number of aliphatic hydroxyl groups is 1. The Bertz CT molecular complexity index is 1210. The fraction of sp³-hybridized carbons (Fsp3) is 0.435. The third-order valence-corrected chi connectivity index (χ3v) is 6.12. The van der Waals surface area contributed by atoms with E-state index >= 15 is 0 Å². The maximum Gasteiger partial charge on any atom is 0.270 e. The minimum atomic E-state index is -2.94. The number of nitrogens with zero attached hydrogens (tertiary/aromatic N) is 3. The number of pyridine rings is 1. The third kappa shape index (κ3) is 3.86. The Labute approximate surface area is 183 Å². The molecule has 1 aliphatic heterocycles. The monoisotopic (exact) mass is 442 g/mol. The van der Waals surface area contributed by atoms with Crippen LogP contribution < -0.4 is 10.9 Å². The zero-order chi connectivity index (χ0) is 22.5. The van der Waals surface area contributed by atoms with Crippen molar-refractivity contribution in [3.63, 3.8) is 0 Å². The van der Waals surface area contributed by atoms with Crippen molar-refractivity contribution in [2.75, 3.05) is 25.1 Å². The maximum atomic E-state index is 13.6. The van der Waals surface area contributed by atoms with Gasteiger partial charge in [-0.25, -0.2) is 18.7 Å². The fourth-order valence-electron chi connectivity index (χ4n) is 4.02. The predicted octanol–water partition coefficient (Wildman–Crippen LogP) is 3.47. The zero-order valence-corrected chi connectivity index (χ0v) is 17.6. The molecule has 32 heavy (non-hydrogen) atoms. The van der Waals surface area contributed by atoms with E-state index in [1.54, 1.807) is 29.2 Å². The van der Waals surface area contributed by atoms with E-state index in [0.717, 1.165) is 19.8 Å². The molecule has 1 atom stereocenters. The van der Waals surface area contributed by atoms with Gasteiger partial charge in [0, 0.05) is 49.9 Å². The summed E-state index contributed by atoms with van der Waals surface area (Å²) < 4.78 is 34.1. The lowest BCUT2D eigenvalue weighted by atomic mass is 10.0. The number of hydrogen-bond donors (Lipinski definition) is 2. The van der Waals surface area contributed by atoms with E-state index in [1.165, 1.54) is 12.1 Å². The van der Waals surface area contributed by atoms with Gasteiger partial charge >= 0.3 is 0 Å². The van der Waals surface area contributed by atoms with Gasteiger partial charge < -0.3 is 15.2 Å². The minimum absolute atomic E-state index is 0.0899. The van der Waals surface area contributed by atoms with E-state index in [9.17, 15) is 18.7 Å². The fourth-order valence-corrected chi connectivity index (χ4v) is 4.02. The molecule has 2 fully saturated rings. The van der Waals surface area contributed by atoms with Crippen molar-refractivity contribution < 1.29 is 18.6 Å². The SMILES string of the molecule is CC(F)(F)c1ccc(-c2cnc(NC[C@@]3(O)CCOC3)c3c(=O)n(C4CC4)cnc23)cc1. The van der Waals surface area contributed by atoms with Crippen molar-refractivity contribution >= 4 is 16.7 Å². The van der Waals surface area contributed by atoms with E-state index in [-0.39, 0.29) is 30.3 Å². The molecule has 3 aromatic rings. The van der Waals surface area contributed by atoms with Crippen LogP contribution in [0.4, 0.5) is 14.6 Å². The molecule has 2 aromatic heterocycles. The lowest BCUT2D eigenvalue weighted by Crippen LogP contribution is -2.37. The van der Waals surface area contributed by atoms with Crippen LogP contribution in [0, 0.1) is 0 Å². The van der Waals surface area contributed by atoms with Crippen LogP contribution in [0.5, 0.6) is 0 Å². The Morgan fingerprint density at radius 1 is 1.28 bits per heavy atom. The van der Waals surface area contributed by atoms with Gasteiger partial charge in [0.25, 0.3) is 11.5 Å². The summed E-state index contributed by atoms with van der Waals surface area (Å²) in [7, 11) is 0. The number of nitrogens with one attached hydrogen (secondary N) is 1. The number of ether oxygens (including phenoxy) is 1. The van der Waals surface area contributed by atoms with Gasteiger partial charge in [0.2, 0.25) is 0 Å². The molecule has 0 spiro atoms. The van der Waals surface area contributed by atoms with Crippen molar-refractivity contribution in [1.82, 2.24) is 14.5 Å². The second kappa shape index (κ2) is 7.60. The molecule has 0 amide bonds. The van der Waals surface area contributed by atoms with Crippen LogP contribution in [0.15, 0.2) is 41.6 Å². The van der Waals surface area contributed by atoms with Gasteiger partial charge in [0.15, 0.2) is 0 Å². The summed E-state index contributed by atoms with van der Waals surface area (Å²) in [6.45, 7) is 1.74. The number of fused-ring (bicyclic) bond motifs is 1. The molecule has 168 valence electrons. The second-order valence-corrected chi connectivity index (χ2v) is 8.78. The number of anilines is 1. The van der Waals surface area contributed by atoms with Crippen molar-refractivity contribution in [1.29, 1.82) is 0 Å². The molecule has 1 saturated carbocycles. The molecule has 2 aliphatic rings. The summed E-state index contributed by atoms with van der Waals surface area (Å²) in [5, 5.41) is 14.0. The Kier molecular flexibility index (Phi) is 4.98. The first-order chi connectivity index (χ1) is 15.3. The molecule has 7 nitrogen and oxygen atoms in total. The van der Waals surface area contributed by atoms with Gasteiger partial charge in [-0.15, -0.1) is 0 Å². The first-order valence-corrected chi connectivity index (χ1v) is 10.7. The van der Waals surface area contributed by atoms with Crippen molar-refractivity contribution in [2.45, 2.75) is 43.8 Å². The molecular formula is C23H24F2N4O3. The minimum Gasteiger partial charge on any atom is -0.386 e.